The molecule has 2 rings (SSSR count). The van der Waals surface area contributed by atoms with E-state index in [-0.39, 0.29) is 0 Å². The summed E-state index contributed by atoms with van der Waals surface area (Å²) in [7, 11) is 5.54. The summed E-state index contributed by atoms with van der Waals surface area (Å²) in [5.74, 6) is 2.42. The molecule has 1 fully saturated rings. The predicted octanol–water partition coefficient (Wildman–Crippen LogP) is 1.83. The number of nitrogens with zero attached hydrogens (tertiary/aromatic N) is 3. The van der Waals surface area contributed by atoms with Crippen LogP contribution in [0.4, 0.5) is 0 Å². The fourth-order valence-corrected chi connectivity index (χ4v) is 3.51. The van der Waals surface area contributed by atoms with Crippen molar-refractivity contribution >= 4 is 5.96 Å². The van der Waals surface area contributed by atoms with E-state index in [2.05, 4.69) is 40.5 Å². The molecule has 7 nitrogen and oxygen atoms in total. The lowest BCUT2D eigenvalue weighted by Gasteiger charge is -2.19. The number of likely N-dealkylation sites (N-methyl/N-ethyl adjacent to an activating group) is 1. The van der Waals surface area contributed by atoms with Gasteiger partial charge in [0.2, 0.25) is 0 Å². The standard InChI is InChI=1S/C22H39N5O2/c1-5-23-22(24-11-6-14-27-15-7-13-26(2)16-17-27)25-12-10-19-8-9-20(28-3)21(18-19)29-4/h8-9,18H,5-7,10-17H2,1-4H3,(H2,23,24,25). The lowest BCUT2D eigenvalue weighted by Crippen LogP contribution is -2.38. The van der Waals surface area contributed by atoms with Gasteiger partial charge in [-0.2, -0.15) is 0 Å². The first-order valence-corrected chi connectivity index (χ1v) is 10.8. The summed E-state index contributed by atoms with van der Waals surface area (Å²) in [6.45, 7) is 10.5. The number of hydrogen-bond acceptors (Lipinski definition) is 5. The Bertz CT molecular complexity index is 623. The highest BCUT2D eigenvalue weighted by Gasteiger charge is 2.11. The van der Waals surface area contributed by atoms with E-state index in [0.717, 1.165) is 56.5 Å². The van der Waals surface area contributed by atoms with Gasteiger partial charge in [-0.05, 0) is 70.6 Å². The van der Waals surface area contributed by atoms with Crippen molar-refractivity contribution in [1.82, 2.24) is 20.4 Å². The molecule has 1 aliphatic heterocycles. The number of rotatable bonds is 10. The van der Waals surface area contributed by atoms with E-state index in [0.29, 0.717) is 0 Å². The Kier molecular flexibility index (Phi) is 10.7. The second-order valence-corrected chi connectivity index (χ2v) is 7.48. The van der Waals surface area contributed by atoms with Gasteiger partial charge in [0.25, 0.3) is 0 Å². The molecule has 1 aliphatic rings. The number of hydrogen-bond donors (Lipinski definition) is 2. The molecular weight excluding hydrogens is 366 g/mol. The highest BCUT2D eigenvalue weighted by Crippen LogP contribution is 2.27. The molecule has 2 N–H and O–H groups in total. The van der Waals surface area contributed by atoms with Crippen molar-refractivity contribution in [1.29, 1.82) is 0 Å². The number of ether oxygens (including phenoxy) is 2. The number of methoxy groups -OCH3 is 2. The second-order valence-electron chi connectivity index (χ2n) is 7.48. The van der Waals surface area contributed by atoms with Gasteiger partial charge in [0.05, 0.1) is 14.2 Å². The quantitative estimate of drug-likeness (QED) is 0.352. The van der Waals surface area contributed by atoms with E-state index in [1.807, 2.05) is 12.1 Å². The summed E-state index contributed by atoms with van der Waals surface area (Å²) in [5.41, 5.74) is 1.21. The van der Waals surface area contributed by atoms with E-state index in [1.165, 1.54) is 38.2 Å². The number of nitrogens with one attached hydrogen (secondary N) is 2. The van der Waals surface area contributed by atoms with Crippen molar-refractivity contribution in [3.05, 3.63) is 23.8 Å². The molecule has 0 spiro atoms. The van der Waals surface area contributed by atoms with Crippen molar-refractivity contribution in [2.75, 3.05) is 73.6 Å². The lowest BCUT2D eigenvalue weighted by atomic mass is 10.1. The van der Waals surface area contributed by atoms with Crippen LogP contribution in [0, 0.1) is 0 Å². The van der Waals surface area contributed by atoms with Crippen LogP contribution in [0.5, 0.6) is 11.5 Å². The Hall–Kier alpha value is -1.99. The molecule has 0 bridgehead atoms. The Morgan fingerprint density at radius 3 is 2.66 bits per heavy atom. The molecule has 164 valence electrons. The summed E-state index contributed by atoms with van der Waals surface area (Å²) in [5, 5.41) is 6.77. The van der Waals surface area contributed by atoms with Gasteiger partial charge in [0.1, 0.15) is 0 Å². The van der Waals surface area contributed by atoms with Crippen LogP contribution in [-0.4, -0.2) is 89.4 Å². The van der Waals surface area contributed by atoms with Crippen LogP contribution in [0.25, 0.3) is 0 Å². The molecule has 0 amide bonds. The van der Waals surface area contributed by atoms with E-state index in [9.17, 15) is 0 Å². The minimum Gasteiger partial charge on any atom is -0.493 e. The molecule has 0 atom stereocenters. The molecule has 29 heavy (non-hydrogen) atoms. The molecule has 7 heteroatoms. The maximum atomic E-state index is 5.38. The first-order valence-electron chi connectivity index (χ1n) is 10.8. The average Bonchev–Trinajstić information content (AvgIpc) is 2.95. The molecule has 0 aromatic heterocycles. The van der Waals surface area contributed by atoms with Crippen LogP contribution in [0.1, 0.15) is 25.3 Å². The summed E-state index contributed by atoms with van der Waals surface area (Å²) in [4.78, 5) is 9.73. The smallest absolute Gasteiger partial charge is 0.191 e. The highest BCUT2D eigenvalue weighted by atomic mass is 16.5. The number of guanidine groups is 1. The molecule has 1 saturated heterocycles. The zero-order valence-corrected chi connectivity index (χ0v) is 18.7. The topological polar surface area (TPSA) is 61.4 Å². The number of aliphatic imine (C=N–C) groups is 1. The van der Waals surface area contributed by atoms with Crippen LogP contribution in [0.15, 0.2) is 23.2 Å². The van der Waals surface area contributed by atoms with E-state index < -0.39 is 0 Å². The molecule has 0 saturated carbocycles. The monoisotopic (exact) mass is 405 g/mol. The fraction of sp³-hybridized carbons (Fsp3) is 0.682. The van der Waals surface area contributed by atoms with Crippen LogP contribution in [0.2, 0.25) is 0 Å². The highest BCUT2D eigenvalue weighted by molar-refractivity contribution is 5.79. The summed E-state index contributed by atoms with van der Waals surface area (Å²) in [6.07, 6.45) is 3.25. The molecule has 1 heterocycles. The third-order valence-electron chi connectivity index (χ3n) is 5.21. The minimum absolute atomic E-state index is 0.759. The van der Waals surface area contributed by atoms with Crippen LogP contribution >= 0.6 is 0 Å². The van der Waals surface area contributed by atoms with Gasteiger partial charge in [-0.1, -0.05) is 6.07 Å². The zero-order chi connectivity index (χ0) is 20.9. The van der Waals surface area contributed by atoms with E-state index in [1.54, 1.807) is 14.2 Å². The SMILES string of the molecule is CCNC(=NCCCN1CCCN(C)CC1)NCCc1ccc(OC)c(OC)c1. The fourth-order valence-electron chi connectivity index (χ4n) is 3.51. The first kappa shape index (κ1) is 23.3. The zero-order valence-electron chi connectivity index (χ0n) is 18.7. The van der Waals surface area contributed by atoms with Gasteiger partial charge in [-0.3, -0.25) is 4.99 Å². The van der Waals surface area contributed by atoms with Crippen molar-refractivity contribution < 1.29 is 9.47 Å². The normalized spacial score (nSPS) is 16.3. The van der Waals surface area contributed by atoms with Crippen LogP contribution < -0.4 is 20.1 Å². The van der Waals surface area contributed by atoms with Gasteiger partial charge in [-0.25, -0.2) is 0 Å². The van der Waals surface area contributed by atoms with Gasteiger partial charge in [-0.15, -0.1) is 0 Å². The van der Waals surface area contributed by atoms with E-state index >= 15 is 0 Å². The largest absolute Gasteiger partial charge is 0.493 e. The molecule has 0 unspecified atom stereocenters. The molecule has 1 aromatic carbocycles. The Labute approximate surface area is 176 Å². The van der Waals surface area contributed by atoms with Gasteiger partial charge in [0.15, 0.2) is 17.5 Å². The molecule has 1 aromatic rings. The maximum absolute atomic E-state index is 5.38. The second kappa shape index (κ2) is 13.3. The summed E-state index contributed by atoms with van der Waals surface area (Å²) in [6, 6.07) is 6.06. The van der Waals surface area contributed by atoms with Crippen molar-refractivity contribution in [3.8, 4) is 11.5 Å². The Morgan fingerprint density at radius 1 is 1.07 bits per heavy atom. The minimum atomic E-state index is 0.759. The van der Waals surface area contributed by atoms with Crippen LogP contribution in [0.3, 0.4) is 0 Å². The van der Waals surface area contributed by atoms with Crippen LogP contribution in [-0.2, 0) is 6.42 Å². The van der Waals surface area contributed by atoms with Crippen molar-refractivity contribution in [2.24, 2.45) is 4.99 Å². The van der Waals surface area contributed by atoms with E-state index in [4.69, 9.17) is 14.5 Å². The Morgan fingerprint density at radius 2 is 1.90 bits per heavy atom. The van der Waals surface area contributed by atoms with Gasteiger partial charge >= 0.3 is 0 Å². The lowest BCUT2D eigenvalue weighted by molar-refractivity contribution is 0.275. The maximum Gasteiger partial charge on any atom is 0.191 e. The summed E-state index contributed by atoms with van der Waals surface area (Å²) < 4.78 is 10.7. The summed E-state index contributed by atoms with van der Waals surface area (Å²) >= 11 is 0. The Balaban J connectivity index is 1.74. The predicted molar refractivity (Wildman–Crippen MR) is 120 cm³/mol. The third kappa shape index (κ3) is 8.50. The molecule has 0 radical (unpaired) electrons. The third-order valence-corrected chi connectivity index (χ3v) is 5.21. The van der Waals surface area contributed by atoms with Crippen molar-refractivity contribution in [2.45, 2.75) is 26.2 Å². The average molecular weight is 406 g/mol. The van der Waals surface area contributed by atoms with Gasteiger partial charge < -0.3 is 29.9 Å². The van der Waals surface area contributed by atoms with Gasteiger partial charge in [0, 0.05) is 32.7 Å². The molecular formula is C22H39N5O2. The first-order chi connectivity index (χ1) is 14.2. The van der Waals surface area contributed by atoms with Crippen molar-refractivity contribution in [3.63, 3.8) is 0 Å². The number of benzene rings is 1. The molecule has 0 aliphatic carbocycles.